The van der Waals surface area contributed by atoms with Crippen LogP contribution in [0.2, 0.25) is 0 Å². The van der Waals surface area contributed by atoms with Gasteiger partial charge in [-0.3, -0.25) is 9.79 Å². The molecule has 1 amide bonds. The predicted molar refractivity (Wildman–Crippen MR) is 105 cm³/mol. The zero-order chi connectivity index (χ0) is 15.8. The molecule has 1 aliphatic rings. The minimum Gasteiger partial charge on any atom is -0.359 e. The van der Waals surface area contributed by atoms with Crippen molar-refractivity contribution in [3.63, 3.8) is 0 Å². The number of carbonyl (C=O) groups is 1. The molecule has 0 unspecified atom stereocenters. The number of hydrogen-bond donors (Lipinski definition) is 2. The molecule has 2 N–H and O–H groups in total. The van der Waals surface area contributed by atoms with Crippen molar-refractivity contribution in [3.05, 3.63) is 35.9 Å². The molecule has 2 rings (SSSR count). The van der Waals surface area contributed by atoms with Gasteiger partial charge in [0.15, 0.2) is 5.96 Å². The maximum atomic E-state index is 11.5. The van der Waals surface area contributed by atoms with Crippen LogP contribution in [0.4, 0.5) is 0 Å². The van der Waals surface area contributed by atoms with E-state index < -0.39 is 0 Å². The van der Waals surface area contributed by atoms with E-state index in [2.05, 4.69) is 32.7 Å². The minimum atomic E-state index is 0. The Bertz CT molecular complexity index is 499. The Balaban J connectivity index is 0.00000264. The highest BCUT2D eigenvalue weighted by Crippen LogP contribution is 2.20. The highest BCUT2D eigenvalue weighted by atomic mass is 127. The summed E-state index contributed by atoms with van der Waals surface area (Å²) in [7, 11) is 3.52. The number of rotatable bonds is 4. The molecular formula is C17H27IN4O. The molecule has 1 aromatic carbocycles. The van der Waals surface area contributed by atoms with Gasteiger partial charge in [-0.2, -0.15) is 0 Å². The standard InChI is InChI=1S/C17H26N4O.HI/c1-18-16(22)12-14-8-10-21(11-9-14)17(19-2)20-13-15-6-4-3-5-7-15;/h3-7,14H,8-13H2,1-2H3,(H,18,22)(H,19,20);1H. The number of hydrogen-bond acceptors (Lipinski definition) is 2. The van der Waals surface area contributed by atoms with Crippen molar-refractivity contribution in [3.8, 4) is 0 Å². The van der Waals surface area contributed by atoms with E-state index in [4.69, 9.17) is 0 Å². The summed E-state index contributed by atoms with van der Waals surface area (Å²) in [4.78, 5) is 18.1. The number of nitrogens with zero attached hydrogens (tertiary/aromatic N) is 2. The third-order valence-corrected chi connectivity index (χ3v) is 4.17. The van der Waals surface area contributed by atoms with Crippen LogP contribution in [-0.2, 0) is 11.3 Å². The number of aliphatic imine (C=N–C) groups is 1. The van der Waals surface area contributed by atoms with Gasteiger partial charge in [0.1, 0.15) is 0 Å². The first-order chi connectivity index (χ1) is 10.7. The van der Waals surface area contributed by atoms with Crippen LogP contribution in [-0.4, -0.2) is 44.0 Å². The molecule has 1 heterocycles. The van der Waals surface area contributed by atoms with Gasteiger partial charge in [-0.25, -0.2) is 0 Å². The molecule has 23 heavy (non-hydrogen) atoms. The van der Waals surface area contributed by atoms with Crippen LogP contribution in [0.15, 0.2) is 35.3 Å². The summed E-state index contributed by atoms with van der Waals surface area (Å²) in [6.45, 7) is 2.69. The number of nitrogens with one attached hydrogen (secondary N) is 2. The Labute approximate surface area is 156 Å². The van der Waals surface area contributed by atoms with Crippen molar-refractivity contribution >= 4 is 35.8 Å². The summed E-state index contributed by atoms with van der Waals surface area (Å²) in [5, 5.41) is 6.13. The highest BCUT2D eigenvalue weighted by molar-refractivity contribution is 14.0. The molecule has 5 nitrogen and oxygen atoms in total. The molecule has 0 bridgehead atoms. The third-order valence-electron chi connectivity index (χ3n) is 4.17. The van der Waals surface area contributed by atoms with Crippen molar-refractivity contribution in [2.45, 2.75) is 25.8 Å². The van der Waals surface area contributed by atoms with Crippen molar-refractivity contribution in [2.75, 3.05) is 27.2 Å². The van der Waals surface area contributed by atoms with Gasteiger partial charge in [-0.05, 0) is 24.3 Å². The quantitative estimate of drug-likeness (QED) is 0.438. The predicted octanol–water partition coefficient (Wildman–Crippen LogP) is 2.23. The zero-order valence-corrected chi connectivity index (χ0v) is 16.2. The molecule has 1 aliphatic heterocycles. The Hall–Kier alpha value is -1.31. The number of benzene rings is 1. The summed E-state index contributed by atoms with van der Waals surface area (Å²) < 4.78 is 0. The first-order valence-corrected chi connectivity index (χ1v) is 7.93. The van der Waals surface area contributed by atoms with Gasteiger partial charge in [0.2, 0.25) is 5.91 Å². The van der Waals surface area contributed by atoms with E-state index in [0.717, 1.165) is 38.4 Å². The lowest BCUT2D eigenvalue weighted by molar-refractivity contribution is -0.121. The molecule has 1 fully saturated rings. The summed E-state index contributed by atoms with van der Waals surface area (Å²) >= 11 is 0. The third kappa shape index (κ3) is 6.37. The summed E-state index contributed by atoms with van der Waals surface area (Å²) in [5.41, 5.74) is 1.25. The van der Waals surface area contributed by atoms with Crippen molar-refractivity contribution in [1.29, 1.82) is 0 Å². The van der Waals surface area contributed by atoms with E-state index in [1.807, 2.05) is 25.2 Å². The molecule has 1 saturated heterocycles. The van der Waals surface area contributed by atoms with Crippen LogP contribution in [0, 0.1) is 5.92 Å². The SMILES string of the molecule is CN=C(NCc1ccccc1)N1CCC(CC(=O)NC)CC1.I. The maximum absolute atomic E-state index is 11.5. The molecule has 0 atom stereocenters. The topological polar surface area (TPSA) is 56.7 Å². The fourth-order valence-corrected chi connectivity index (χ4v) is 2.82. The van der Waals surface area contributed by atoms with Gasteiger partial charge in [-0.15, -0.1) is 24.0 Å². The monoisotopic (exact) mass is 430 g/mol. The van der Waals surface area contributed by atoms with Crippen molar-refractivity contribution in [1.82, 2.24) is 15.5 Å². The fourth-order valence-electron chi connectivity index (χ4n) is 2.82. The Morgan fingerprint density at radius 1 is 1.26 bits per heavy atom. The van der Waals surface area contributed by atoms with Crippen LogP contribution in [0.25, 0.3) is 0 Å². The lowest BCUT2D eigenvalue weighted by Crippen LogP contribution is -2.45. The number of halogens is 1. The van der Waals surface area contributed by atoms with E-state index in [0.29, 0.717) is 12.3 Å². The van der Waals surface area contributed by atoms with Gasteiger partial charge in [0.05, 0.1) is 0 Å². The molecule has 0 aromatic heterocycles. The van der Waals surface area contributed by atoms with E-state index in [-0.39, 0.29) is 29.9 Å². The largest absolute Gasteiger partial charge is 0.359 e. The Morgan fingerprint density at radius 2 is 1.91 bits per heavy atom. The molecule has 1 aromatic rings. The first-order valence-electron chi connectivity index (χ1n) is 7.93. The molecule has 0 radical (unpaired) electrons. The molecule has 128 valence electrons. The van der Waals surface area contributed by atoms with Gasteiger partial charge in [0.25, 0.3) is 0 Å². The molecule has 0 aliphatic carbocycles. The smallest absolute Gasteiger partial charge is 0.220 e. The highest BCUT2D eigenvalue weighted by Gasteiger charge is 2.22. The van der Waals surface area contributed by atoms with E-state index >= 15 is 0 Å². The lowest BCUT2D eigenvalue weighted by atomic mass is 9.93. The van der Waals surface area contributed by atoms with Gasteiger partial charge < -0.3 is 15.5 Å². The summed E-state index contributed by atoms with van der Waals surface area (Å²) in [5.74, 6) is 1.58. The van der Waals surface area contributed by atoms with E-state index in [1.165, 1.54) is 5.56 Å². The number of amides is 1. The van der Waals surface area contributed by atoms with Gasteiger partial charge >= 0.3 is 0 Å². The molecule has 0 saturated carbocycles. The Morgan fingerprint density at radius 3 is 2.48 bits per heavy atom. The second-order valence-electron chi connectivity index (χ2n) is 5.69. The average Bonchev–Trinajstić information content (AvgIpc) is 2.57. The van der Waals surface area contributed by atoms with Crippen LogP contribution in [0.5, 0.6) is 0 Å². The van der Waals surface area contributed by atoms with Gasteiger partial charge in [-0.1, -0.05) is 30.3 Å². The van der Waals surface area contributed by atoms with Crippen LogP contribution >= 0.6 is 24.0 Å². The second-order valence-corrected chi connectivity index (χ2v) is 5.69. The number of carbonyl (C=O) groups excluding carboxylic acids is 1. The van der Waals surface area contributed by atoms with Crippen LogP contribution in [0.3, 0.4) is 0 Å². The summed E-state index contributed by atoms with van der Waals surface area (Å²) in [6.07, 6.45) is 2.72. The molecule has 0 spiro atoms. The number of guanidine groups is 1. The Kier molecular flexibility index (Phi) is 8.98. The normalized spacial score (nSPS) is 15.7. The average molecular weight is 430 g/mol. The van der Waals surface area contributed by atoms with Crippen LogP contribution < -0.4 is 10.6 Å². The van der Waals surface area contributed by atoms with Crippen molar-refractivity contribution < 1.29 is 4.79 Å². The van der Waals surface area contributed by atoms with Gasteiger partial charge in [0, 0.05) is 40.2 Å². The van der Waals surface area contributed by atoms with Crippen LogP contribution in [0.1, 0.15) is 24.8 Å². The zero-order valence-electron chi connectivity index (χ0n) is 13.9. The van der Waals surface area contributed by atoms with E-state index in [9.17, 15) is 4.79 Å². The maximum Gasteiger partial charge on any atom is 0.220 e. The second kappa shape index (κ2) is 10.5. The van der Waals surface area contributed by atoms with E-state index in [1.54, 1.807) is 7.05 Å². The molecular weight excluding hydrogens is 403 g/mol. The minimum absolute atomic E-state index is 0. The van der Waals surface area contributed by atoms with Crippen molar-refractivity contribution in [2.24, 2.45) is 10.9 Å². The summed E-state index contributed by atoms with van der Waals surface area (Å²) in [6, 6.07) is 10.3. The first kappa shape index (κ1) is 19.7. The fraction of sp³-hybridized carbons (Fsp3) is 0.529. The molecule has 6 heteroatoms. The lowest BCUT2D eigenvalue weighted by Gasteiger charge is -2.34. The number of likely N-dealkylation sites (tertiary alicyclic amines) is 1. The number of piperidine rings is 1.